The standard InChI is InChI=1S/C19H16F3N3O/c20-15-3-2-12(8-14(15)19(21)22)13-9-17-16(23-10-13)4-7-25(17)11-18(26)24-5-1-6-24/h2-4,7-10,19H,1,5-6,11H2. The number of likely N-dealkylation sites (tertiary alicyclic amines) is 1. The Morgan fingerprint density at radius 1 is 1.15 bits per heavy atom. The van der Waals surface area contributed by atoms with Gasteiger partial charge in [-0.2, -0.15) is 0 Å². The van der Waals surface area contributed by atoms with Crippen molar-refractivity contribution >= 4 is 16.9 Å². The van der Waals surface area contributed by atoms with E-state index < -0.39 is 17.8 Å². The molecule has 3 heterocycles. The molecule has 0 unspecified atom stereocenters. The number of hydrogen-bond acceptors (Lipinski definition) is 2. The summed E-state index contributed by atoms with van der Waals surface area (Å²) in [4.78, 5) is 18.3. The van der Waals surface area contributed by atoms with Gasteiger partial charge in [0.2, 0.25) is 5.91 Å². The molecular formula is C19H16F3N3O. The fraction of sp³-hybridized carbons (Fsp3) is 0.263. The van der Waals surface area contributed by atoms with Crippen LogP contribution in [-0.2, 0) is 11.3 Å². The first-order chi connectivity index (χ1) is 12.5. The number of alkyl halides is 2. The summed E-state index contributed by atoms with van der Waals surface area (Å²) in [5, 5.41) is 0. The largest absolute Gasteiger partial charge is 0.341 e. The zero-order valence-corrected chi connectivity index (χ0v) is 13.8. The molecule has 4 nitrogen and oxygen atoms in total. The van der Waals surface area contributed by atoms with Crippen LogP contribution in [0, 0.1) is 5.82 Å². The second-order valence-electron chi connectivity index (χ2n) is 6.34. The van der Waals surface area contributed by atoms with Crippen molar-refractivity contribution in [3.63, 3.8) is 0 Å². The van der Waals surface area contributed by atoms with Gasteiger partial charge in [-0.15, -0.1) is 0 Å². The Balaban J connectivity index is 1.69. The zero-order chi connectivity index (χ0) is 18.3. The summed E-state index contributed by atoms with van der Waals surface area (Å²) in [5.41, 5.74) is 1.86. The van der Waals surface area contributed by atoms with Crippen LogP contribution in [0.2, 0.25) is 0 Å². The summed E-state index contributed by atoms with van der Waals surface area (Å²) in [5.74, 6) is -0.887. The maximum Gasteiger partial charge on any atom is 0.266 e. The Morgan fingerprint density at radius 3 is 2.65 bits per heavy atom. The average Bonchev–Trinajstić information content (AvgIpc) is 2.95. The monoisotopic (exact) mass is 359 g/mol. The van der Waals surface area contributed by atoms with Gasteiger partial charge in [0.05, 0.1) is 16.6 Å². The Labute approximate surface area is 147 Å². The minimum atomic E-state index is -2.88. The Kier molecular flexibility index (Phi) is 4.14. The zero-order valence-electron chi connectivity index (χ0n) is 13.8. The van der Waals surface area contributed by atoms with Crippen LogP contribution in [0.25, 0.3) is 22.2 Å². The minimum absolute atomic E-state index is 0.0425. The van der Waals surface area contributed by atoms with Gasteiger partial charge in [-0.05, 0) is 36.2 Å². The summed E-state index contributed by atoms with van der Waals surface area (Å²) in [6, 6.07) is 7.21. The molecule has 1 aliphatic rings. The van der Waals surface area contributed by atoms with E-state index in [1.54, 1.807) is 34.0 Å². The van der Waals surface area contributed by atoms with Crippen molar-refractivity contribution in [1.82, 2.24) is 14.5 Å². The maximum absolute atomic E-state index is 13.5. The lowest BCUT2D eigenvalue weighted by atomic mass is 10.0. The number of hydrogen-bond donors (Lipinski definition) is 0. The fourth-order valence-electron chi connectivity index (χ4n) is 3.06. The van der Waals surface area contributed by atoms with Gasteiger partial charge in [-0.3, -0.25) is 9.78 Å². The van der Waals surface area contributed by atoms with Crippen molar-refractivity contribution in [1.29, 1.82) is 0 Å². The molecule has 0 saturated carbocycles. The molecule has 1 amide bonds. The van der Waals surface area contributed by atoms with E-state index in [1.165, 1.54) is 6.07 Å². The van der Waals surface area contributed by atoms with Gasteiger partial charge in [-0.25, -0.2) is 13.2 Å². The lowest BCUT2D eigenvalue weighted by molar-refractivity contribution is -0.135. The van der Waals surface area contributed by atoms with Gasteiger partial charge in [0, 0.05) is 31.0 Å². The number of benzene rings is 1. The third-order valence-electron chi connectivity index (χ3n) is 4.70. The molecule has 1 fully saturated rings. The normalized spacial score (nSPS) is 14.1. The average molecular weight is 359 g/mol. The second kappa shape index (κ2) is 6.48. The van der Waals surface area contributed by atoms with Gasteiger partial charge < -0.3 is 9.47 Å². The van der Waals surface area contributed by atoms with Gasteiger partial charge >= 0.3 is 0 Å². The molecule has 0 N–H and O–H groups in total. The van der Waals surface area contributed by atoms with Gasteiger partial charge in [0.1, 0.15) is 12.4 Å². The third-order valence-corrected chi connectivity index (χ3v) is 4.70. The number of pyridine rings is 1. The van der Waals surface area contributed by atoms with E-state index in [4.69, 9.17) is 0 Å². The SMILES string of the molecule is O=C(Cn1ccc2ncc(-c3ccc(F)c(C(F)F)c3)cc21)N1CCC1. The first kappa shape index (κ1) is 16.6. The predicted molar refractivity (Wildman–Crippen MR) is 91.3 cm³/mol. The molecule has 3 aromatic rings. The Morgan fingerprint density at radius 2 is 1.96 bits per heavy atom. The molecule has 0 radical (unpaired) electrons. The van der Waals surface area contributed by atoms with Crippen LogP contribution in [-0.4, -0.2) is 33.4 Å². The molecule has 1 aliphatic heterocycles. The van der Waals surface area contributed by atoms with Crippen LogP contribution in [0.5, 0.6) is 0 Å². The van der Waals surface area contributed by atoms with Gasteiger partial charge in [0.15, 0.2) is 0 Å². The van der Waals surface area contributed by atoms with E-state index in [-0.39, 0.29) is 12.5 Å². The molecule has 1 saturated heterocycles. The van der Waals surface area contributed by atoms with Gasteiger partial charge in [0.25, 0.3) is 6.43 Å². The molecule has 26 heavy (non-hydrogen) atoms. The van der Waals surface area contributed by atoms with E-state index in [0.717, 1.165) is 37.2 Å². The third kappa shape index (κ3) is 2.94. The quantitative estimate of drug-likeness (QED) is 0.706. The van der Waals surface area contributed by atoms with Crippen LogP contribution >= 0.6 is 0 Å². The number of nitrogens with zero attached hydrogens (tertiary/aromatic N) is 3. The number of fused-ring (bicyclic) bond motifs is 1. The van der Waals surface area contributed by atoms with Crippen molar-refractivity contribution < 1.29 is 18.0 Å². The molecule has 0 atom stereocenters. The van der Waals surface area contributed by atoms with Crippen molar-refractivity contribution in [2.24, 2.45) is 0 Å². The van der Waals surface area contributed by atoms with Crippen LogP contribution in [0.3, 0.4) is 0 Å². The van der Waals surface area contributed by atoms with Crippen molar-refractivity contribution in [3.8, 4) is 11.1 Å². The number of aromatic nitrogens is 2. The van der Waals surface area contributed by atoms with Crippen molar-refractivity contribution in [3.05, 3.63) is 54.1 Å². The molecule has 0 spiro atoms. The number of rotatable bonds is 4. The lowest BCUT2D eigenvalue weighted by Crippen LogP contribution is -2.43. The number of carbonyl (C=O) groups excluding carboxylic acids is 1. The van der Waals surface area contributed by atoms with E-state index in [1.807, 2.05) is 0 Å². The number of carbonyl (C=O) groups is 1. The van der Waals surface area contributed by atoms with Crippen LogP contribution < -0.4 is 0 Å². The van der Waals surface area contributed by atoms with Gasteiger partial charge in [-0.1, -0.05) is 6.07 Å². The first-order valence-electron chi connectivity index (χ1n) is 8.33. The lowest BCUT2D eigenvalue weighted by Gasteiger charge is -2.31. The summed E-state index contributed by atoms with van der Waals surface area (Å²) in [6.45, 7) is 1.78. The first-order valence-corrected chi connectivity index (χ1v) is 8.33. The van der Waals surface area contributed by atoms with Crippen LogP contribution in [0.15, 0.2) is 42.7 Å². The molecule has 4 rings (SSSR count). The summed E-state index contributed by atoms with van der Waals surface area (Å²) in [7, 11) is 0. The van der Waals surface area contributed by atoms with Crippen LogP contribution in [0.1, 0.15) is 18.4 Å². The highest BCUT2D eigenvalue weighted by atomic mass is 19.3. The molecule has 1 aromatic carbocycles. The summed E-state index contributed by atoms with van der Waals surface area (Å²) >= 11 is 0. The molecule has 134 valence electrons. The fourth-order valence-corrected chi connectivity index (χ4v) is 3.06. The summed E-state index contributed by atoms with van der Waals surface area (Å²) in [6.07, 6.45) is 1.49. The van der Waals surface area contributed by atoms with Crippen LogP contribution in [0.4, 0.5) is 13.2 Å². The topological polar surface area (TPSA) is 38.1 Å². The molecule has 0 aliphatic carbocycles. The molecule has 0 bridgehead atoms. The minimum Gasteiger partial charge on any atom is -0.341 e. The molecule has 7 heteroatoms. The van der Waals surface area contributed by atoms with E-state index >= 15 is 0 Å². The van der Waals surface area contributed by atoms with E-state index in [9.17, 15) is 18.0 Å². The van der Waals surface area contributed by atoms with Crippen molar-refractivity contribution in [2.75, 3.05) is 13.1 Å². The second-order valence-corrected chi connectivity index (χ2v) is 6.34. The highest BCUT2D eigenvalue weighted by molar-refractivity contribution is 5.84. The Hall–Kier alpha value is -2.83. The van der Waals surface area contributed by atoms with E-state index in [2.05, 4.69) is 4.98 Å². The molecule has 2 aromatic heterocycles. The van der Waals surface area contributed by atoms with Crippen molar-refractivity contribution in [2.45, 2.75) is 19.4 Å². The predicted octanol–water partition coefficient (Wildman–Crippen LogP) is 4.01. The molecular weight excluding hydrogens is 343 g/mol. The number of amides is 1. The Bertz CT molecular complexity index is 979. The van der Waals surface area contributed by atoms with E-state index in [0.29, 0.717) is 16.6 Å². The number of halogens is 3. The smallest absolute Gasteiger partial charge is 0.266 e. The summed E-state index contributed by atoms with van der Waals surface area (Å²) < 4.78 is 41.2. The highest BCUT2D eigenvalue weighted by Gasteiger charge is 2.21. The maximum atomic E-state index is 13.5. The highest BCUT2D eigenvalue weighted by Crippen LogP contribution is 2.29.